The molecule has 0 aliphatic carbocycles. The Kier molecular flexibility index (Phi) is 6.85. The van der Waals surface area contributed by atoms with Crippen LogP contribution in [0.15, 0.2) is 95.4 Å². The Labute approximate surface area is 198 Å². The van der Waals surface area contributed by atoms with Gasteiger partial charge in [-0.3, -0.25) is 19.7 Å². The second-order valence-electron chi connectivity index (χ2n) is 7.09. The normalized spacial score (nSPS) is 10.7. The van der Waals surface area contributed by atoms with Crippen LogP contribution < -0.4 is 10.7 Å². The molecule has 1 heterocycles. The molecule has 2 N–H and O–H groups in total. The minimum Gasteiger partial charge on any atom is -0.313 e. The zero-order valence-electron chi connectivity index (χ0n) is 17.7. The lowest BCUT2D eigenvalue weighted by molar-refractivity contribution is -0.384. The summed E-state index contributed by atoms with van der Waals surface area (Å²) in [5.74, 6) is -0.827. The monoisotopic (exact) mass is 470 g/mol. The summed E-state index contributed by atoms with van der Waals surface area (Å²) < 4.78 is 0. The molecule has 4 aromatic rings. The maximum atomic E-state index is 13.1. The fourth-order valence-corrected chi connectivity index (χ4v) is 4.14. The predicted octanol–water partition coefficient (Wildman–Crippen LogP) is 5.34. The van der Waals surface area contributed by atoms with Gasteiger partial charge < -0.3 is 5.32 Å². The van der Waals surface area contributed by atoms with Crippen LogP contribution in [0, 0.1) is 10.1 Å². The number of nitrogens with zero attached hydrogens (tertiary/aromatic N) is 2. The summed E-state index contributed by atoms with van der Waals surface area (Å²) in [5, 5.41) is 19.8. The van der Waals surface area contributed by atoms with Gasteiger partial charge in [-0.15, -0.1) is 11.3 Å². The molecule has 0 radical (unpaired) electrons. The van der Waals surface area contributed by atoms with Crippen LogP contribution in [-0.2, 0) is 0 Å². The van der Waals surface area contributed by atoms with Crippen molar-refractivity contribution in [2.75, 3.05) is 5.32 Å². The van der Waals surface area contributed by atoms with Crippen molar-refractivity contribution in [3.8, 4) is 11.1 Å². The fourth-order valence-electron chi connectivity index (χ4n) is 3.17. The quantitative estimate of drug-likeness (QED) is 0.216. The SMILES string of the molecule is O=C(Nc1scc(-c2ccccc2)c1C(=O)N/N=C\c1ccc([N+](=O)[O-])cc1)c1ccccc1. The van der Waals surface area contributed by atoms with E-state index < -0.39 is 10.8 Å². The molecule has 0 aliphatic rings. The van der Waals surface area contributed by atoms with Crippen molar-refractivity contribution in [3.05, 3.63) is 117 Å². The van der Waals surface area contributed by atoms with E-state index in [4.69, 9.17) is 0 Å². The van der Waals surface area contributed by atoms with Gasteiger partial charge >= 0.3 is 0 Å². The van der Waals surface area contributed by atoms with Gasteiger partial charge in [0, 0.05) is 28.6 Å². The number of carbonyl (C=O) groups excluding carboxylic acids is 2. The van der Waals surface area contributed by atoms with Gasteiger partial charge in [0.1, 0.15) is 5.00 Å². The van der Waals surface area contributed by atoms with Crippen molar-refractivity contribution < 1.29 is 14.5 Å². The lowest BCUT2D eigenvalue weighted by Gasteiger charge is -2.08. The summed E-state index contributed by atoms with van der Waals surface area (Å²) >= 11 is 1.25. The van der Waals surface area contributed by atoms with E-state index in [1.807, 2.05) is 41.8 Å². The standard InChI is InChI=1S/C25H18N4O4S/c30-23(19-9-5-2-6-10-19)27-25-22(21(16-34-25)18-7-3-1-4-8-18)24(31)28-26-15-17-11-13-20(14-12-17)29(32)33/h1-16H,(H,27,30)(H,28,31)/b26-15-. The molecule has 1 aromatic heterocycles. The number of non-ortho nitro benzene ring substituents is 1. The van der Waals surface area contributed by atoms with Gasteiger partial charge in [-0.2, -0.15) is 5.10 Å². The molecule has 0 unspecified atom stereocenters. The highest BCUT2D eigenvalue weighted by molar-refractivity contribution is 7.15. The molecule has 0 saturated carbocycles. The number of anilines is 1. The van der Waals surface area contributed by atoms with Crippen LogP contribution in [0.1, 0.15) is 26.3 Å². The van der Waals surface area contributed by atoms with Crippen LogP contribution in [0.3, 0.4) is 0 Å². The molecule has 0 fully saturated rings. The average Bonchev–Trinajstić information content (AvgIpc) is 3.29. The molecule has 8 nitrogen and oxygen atoms in total. The second-order valence-corrected chi connectivity index (χ2v) is 7.97. The first-order valence-corrected chi connectivity index (χ1v) is 11.0. The summed E-state index contributed by atoms with van der Waals surface area (Å²) in [6.07, 6.45) is 1.39. The fraction of sp³-hybridized carbons (Fsp3) is 0. The highest BCUT2D eigenvalue weighted by Gasteiger charge is 2.22. The highest BCUT2D eigenvalue weighted by atomic mass is 32.1. The Balaban J connectivity index is 1.59. The van der Waals surface area contributed by atoms with Crippen molar-refractivity contribution in [1.29, 1.82) is 0 Å². The number of nitro groups is 1. The van der Waals surface area contributed by atoms with Gasteiger partial charge in [0.15, 0.2) is 0 Å². The summed E-state index contributed by atoms with van der Waals surface area (Å²) in [6.45, 7) is 0. The lowest BCUT2D eigenvalue weighted by Crippen LogP contribution is -2.20. The molecule has 0 bridgehead atoms. The van der Waals surface area contributed by atoms with Crippen LogP contribution >= 0.6 is 11.3 Å². The summed E-state index contributed by atoms with van der Waals surface area (Å²) in [4.78, 5) is 36.1. The van der Waals surface area contributed by atoms with E-state index in [0.29, 0.717) is 27.3 Å². The number of hydrogen-bond acceptors (Lipinski definition) is 6. The molecule has 4 rings (SSSR count). The van der Waals surface area contributed by atoms with Crippen LogP contribution in [0.5, 0.6) is 0 Å². The maximum absolute atomic E-state index is 13.1. The van der Waals surface area contributed by atoms with Crippen molar-refractivity contribution in [1.82, 2.24) is 5.43 Å². The minimum absolute atomic E-state index is 0.0363. The van der Waals surface area contributed by atoms with E-state index in [9.17, 15) is 19.7 Å². The number of benzene rings is 3. The van der Waals surface area contributed by atoms with E-state index in [-0.39, 0.29) is 11.6 Å². The largest absolute Gasteiger partial charge is 0.313 e. The van der Waals surface area contributed by atoms with E-state index >= 15 is 0 Å². The van der Waals surface area contributed by atoms with Gasteiger partial charge in [-0.25, -0.2) is 5.43 Å². The Morgan fingerprint density at radius 3 is 2.18 bits per heavy atom. The number of thiophene rings is 1. The average molecular weight is 471 g/mol. The lowest BCUT2D eigenvalue weighted by atomic mass is 10.0. The molecule has 3 aromatic carbocycles. The predicted molar refractivity (Wildman–Crippen MR) is 132 cm³/mol. The number of hydrogen-bond donors (Lipinski definition) is 2. The molecule has 34 heavy (non-hydrogen) atoms. The smallest absolute Gasteiger partial charge is 0.275 e. The van der Waals surface area contributed by atoms with Crippen molar-refractivity contribution in [2.24, 2.45) is 5.10 Å². The van der Waals surface area contributed by atoms with Crippen LogP contribution in [0.2, 0.25) is 0 Å². The van der Waals surface area contributed by atoms with Crippen molar-refractivity contribution >= 4 is 40.1 Å². The van der Waals surface area contributed by atoms with Crippen molar-refractivity contribution in [2.45, 2.75) is 0 Å². The van der Waals surface area contributed by atoms with Crippen molar-refractivity contribution in [3.63, 3.8) is 0 Å². The van der Waals surface area contributed by atoms with Gasteiger partial charge in [-0.05, 0) is 35.4 Å². The molecular weight excluding hydrogens is 452 g/mol. The molecule has 0 aliphatic heterocycles. The molecule has 9 heteroatoms. The van der Waals surface area contributed by atoms with Gasteiger partial charge in [0.2, 0.25) is 0 Å². The summed E-state index contributed by atoms with van der Waals surface area (Å²) in [7, 11) is 0. The first kappa shape index (κ1) is 22.6. The zero-order chi connectivity index (χ0) is 23.9. The minimum atomic E-state index is -0.498. The third kappa shape index (κ3) is 5.22. The van der Waals surface area contributed by atoms with E-state index in [1.165, 1.54) is 41.8 Å². The Hall–Kier alpha value is -4.63. The number of carbonyl (C=O) groups is 2. The van der Waals surface area contributed by atoms with Crippen LogP contribution in [-0.4, -0.2) is 23.0 Å². The highest BCUT2D eigenvalue weighted by Crippen LogP contribution is 2.35. The summed E-state index contributed by atoms with van der Waals surface area (Å²) in [5.41, 5.74) is 5.28. The first-order chi connectivity index (χ1) is 16.5. The second kappa shape index (κ2) is 10.3. The number of hydrazone groups is 1. The van der Waals surface area contributed by atoms with E-state index in [1.54, 1.807) is 24.3 Å². The zero-order valence-corrected chi connectivity index (χ0v) is 18.5. The number of rotatable bonds is 7. The maximum Gasteiger partial charge on any atom is 0.275 e. The van der Waals surface area contributed by atoms with E-state index in [2.05, 4.69) is 15.8 Å². The molecule has 2 amide bonds. The van der Waals surface area contributed by atoms with Gasteiger partial charge in [0.05, 0.1) is 16.7 Å². The van der Waals surface area contributed by atoms with E-state index in [0.717, 1.165) is 5.56 Å². The number of nitro benzene ring substituents is 1. The first-order valence-electron chi connectivity index (χ1n) is 10.1. The molecular formula is C25H18N4O4S. The Morgan fingerprint density at radius 1 is 0.882 bits per heavy atom. The molecule has 0 saturated heterocycles. The Bertz CT molecular complexity index is 1350. The van der Waals surface area contributed by atoms with Gasteiger partial charge in [-0.1, -0.05) is 48.5 Å². The third-order valence-corrected chi connectivity index (χ3v) is 5.74. The molecule has 0 atom stereocenters. The molecule has 0 spiro atoms. The third-order valence-electron chi connectivity index (χ3n) is 4.85. The number of amides is 2. The Morgan fingerprint density at radius 2 is 1.53 bits per heavy atom. The number of nitrogens with one attached hydrogen (secondary N) is 2. The molecule has 168 valence electrons. The van der Waals surface area contributed by atoms with Crippen LogP contribution in [0.25, 0.3) is 11.1 Å². The summed E-state index contributed by atoms with van der Waals surface area (Å²) in [6, 6.07) is 23.8. The van der Waals surface area contributed by atoms with Crippen LogP contribution in [0.4, 0.5) is 10.7 Å². The topological polar surface area (TPSA) is 114 Å². The van der Waals surface area contributed by atoms with Gasteiger partial charge in [0.25, 0.3) is 17.5 Å².